The van der Waals surface area contributed by atoms with Gasteiger partial charge < -0.3 is 10.1 Å². The molecule has 0 fully saturated rings. The molecule has 0 spiro atoms. The third kappa shape index (κ3) is 5.12. The molecule has 0 aliphatic heterocycles. The van der Waals surface area contributed by atoms with E-state index in [1.54, 1.807) is 12.1 Å². The van der Waals surface area contributed by atoms with Crippen molar-refractivity contribution in [1.82, 2.24) is 15.5 Å². The standard InChI is InChI=1S/C18H16N4O3S/c23-15(11-19-16(24)12-25-14-9-5-2-6-10-14)20-18-22-21-17(26-18)13-7-3-1-4-8-13/h1-10H,11-12H2,(H,19,24)(H,20,22,23). The number of rotatable bonds is 7. The summed E-state index contributed by atoms with van der Waals surface area (Å²) in [5.41, 5.74) is 0.928. The molecule has 0 aliphatic rings. The van der Waals surface area contributed by atoms with Gasteiger partial charge in [0.15, 0.2) is 6.61 Å². The summed E-state index contributed by atoms with van der Waals surface area (Å²) in [5.74, 6) is -0.172. The molecule has 0 radical (unpaired) electrons. The van der Waals surface area contributed by atoms with Crippen LogP contribution in [0.3, 0.4) is 0 Å². The lowest BCUT2D eigenvalue weighted by molar-refractivity contribution is -0.125. The number of nitrogens with one attached hydrogen (secondary N) is 2. The number of nitrogens with zero attached hydrogens (tertiary/aromatic N) is 2. The number of benzene rings is 2. The Morgan fingerprint density at radius 1 is 0.923 bits per heavy atom. The highest BCUT2D eigenvalue weighted by atomic mass is 32.1. The van der Waals surface area contributed by atoms with E-state index in [0.29, 0.717) is 15.9 Å². The predicted molar refractivity (Wildman–Crippen MR) is 98.9 cm³/mol. The van der Waals surface area contributed by atoms with Crippen LogP contribution in [-0.4, -0.2) is 35.2 Å². The van der Waals surface area contributed by atoms with E-state index in [1.165, 1.54) is 11.3 Å². The van der Waals surface area contributed by atoms with E-state index in [0.717, 1.165) is 5.56 Å². The summed E-state index contributed by atoms with van der Waals surface area (Å²) in [6, 6.07) is 18.5. The number of hydrogen-bond donors (Lipinski definition) is 2. The van der Waals surface area contributed by atoms with Crippen molar-refractivity contribution in [3.05, 3.63) is 60.7 Å². The Balaban J connectivity index is 1.43. The SMILES string of the molecule is O=C(COc1ccccc1)NCC(=O)Nc1nnc(-c2ccccc2)s1. The second-order valence-corrected chi connectivity index (χ2v) is 6.18. The summed E-state index contributed by atoms with van der Waals surface area (Å²) in [4.78, 5) is 23.6. The molecule has 3 rings (SSSR count). The Kier molecular flexibility index (Phi) is 5.89. The first kappa shape index (κ1) is 17.6. The third-order valence-electron chi connectivity index (χ3n) is 3.25. The molecule has 2 amide bonds. The van der Waals surface area contributed by atoms with Crippen molar-refractivity contribution in [2.24, 2.45) is 0 Å². The molecule has 26 heavy (non-hydrogen) atoms. The Morgan fingerprint density at radius 2 is 1.62 bits per heavy atom. The van der Waals surface area contributed by atoms with Gasteiger partial charge in [0.05, 0.1) is 6.54 Å². The molecule has 132 valence electrons. The van der Waals surface area contributed by atoms with Gasteiger partial charge in [0.2, 0.25) is 11.0 Å². The number of hydrogen-bond acceptors (Lipinski definition) is 6. The van der Waals surface area contributed by atoms with Gasteiger partial charge in [-0.25, -0.2) is 0 Å². The minimum atomic E-state index is -0.383. The lowest BCUT2D eigenvalue weighted by Gasteiger charge is -2.07. The maximum atomic E-state index is 11.9. The maximum Gasteiger partial charge on any atom is 0.258 e. The average molecular weight is 368 g/mol. The average Bonchev–Trinajstić information content (AvgIpc) is 3.15. The third-order valence-corrected chi connectivity index (χ3v) is 4.14. The molecular formula is C18H16N4O3S. The number of para-hydroxylation sites is 1. The fourth-order valence-electron chi connectivity index (χ4n) is 2.03. The largest absolute Gasteiger partial charge is 0.484 e. The number of aromatic nitrogens is 2. The van der Waals surface area contributed by atoms with E-state index >= 15 is 0 Å². The van der Waals surface area contributed by atoms with Crippen LogP contribution in [-0.2, 0) is 9.59 Å². The molecule has 8 heteroatoms. The smallest absolute Gasteiger partial charge is 0.258 e. The van der Waals surface area contributed by atoms with Gasteiger partial charge in [-0.1, -0.05) is 59.9 Å². The Labute approximate surface area is 154 Å². The molecule has 7 nitrogen and oxygen atoms in total. The molecule has 0 bridgehead atoms. The number of ether oxygens (including phenoxy) is 1. The topological polar surface area (TPSA) is 93.2 Å². The lowest BCUT2D eigenvalue weighted by Crippen LogP contribution is -2.35. The van der Waals surface area contributed by atoms with Crippen LogP contribution in [0.1, 0.15) is 0 Å². The van der Waals surface area contributed by atoms with Crippen LogP contribution in [0.15, 0.2) is 60.7 Å². The van der Waals surface area contributed by atoms with Gasteiger partial charge >= 0.3 is 0 Å². The van der Waals surface area contributed by atoms with Crippen LogP contribution in [0.2, 0.25) is 0 Å². The lowest BCUT2D eigenvalue weighted by atomic mass is 10.2. The molecule has 3 aromatic rings. The first-order chi connectivity index (χ1) is 12.7. The van der Waals surface area contributed by atoms with Crippen molar-refractivity contribution in [2.75, 3.05) is 18.5 Å². The summed E-state index contributed by atoms with van der Waals surface area (Å²) in [6.45, 7) is -0.328. The molecule has 1 aromatic heterocycles. The van der Waals surface area contributed by atoms with Crippen molar-refractivity contribution in [1.29, 1.82) is 0 Å². The summed E-state index contributed by atoms with van der Waals surface area (Å²) in [6.07, 6.45) is 0. The zero-order chi connectivity index (χ0) is 18.2. The van der Waals surface area contributed by atoms with Crippen LogP contribution in [0.4, 0.5) is 5.13 Å². The summed E-state index contributed by atoms with van der Waals surface area (Å²) in [5, 5.41) is 14.2. The molecule has 0 aliphatic carbocycles. The molecule has 1 heterocycles. The molecule has 0 saturated heterocycles. The molecule has 0 unspecified atom stereocenters. The van der Waals surface area contributed by atoms with E-state index in [2.05, 4.69) is 20.8 Å². The van der Waals surface area contributed by atoms with Crippen LogP contribution < -0.4 is 15.4 Å². The minimum absolute atomic E-state index is 0.158. The van der Waals surface area contributed by atoms with Crippen LogP contribution in [0, 0.1) is 0 Å². The van der Waals surface area contributed by atoms with E-state index < -0.39 is 0 Å². The Hall–Kier alpha value is -3.26. The van der Waals surface area contributed by atoms with Gasteiger partial charge in [0.25, 0.3) is 5.91 Å². The summed E-state index contributed by atoms with van der Waals surface area (Å²) >= 11 is 1.26. The highest BCUT2D eigenvalue weighted by Gasteiger charge is 2.11. The monoisotopic (exact) mass is 368 g/mol. The Morgan fingerprint density at radius 3 is 2.35 bits per heavy atom. The molecule has 0 saturated carbocycles. The van der Waals surface area contributed by atoms with E-state index in [9.17, 15) is 9.59 Å². The highest BCUT2D eigenvalue weighted by Crippen LogP contribution is 2.25. The van der Waals surface area contributed by atoms with Gasteiger partial charge in [-0.3, -0.25) is 14.9 Å². The van der Waals surface area contributed by atoms with Crippen molar-refractivity contribution in [3.63, 3.8) is 0 Å². The maximum absolute atomic E-state index is 11.9. The first-order valence-electron chi connectivity index (χ1n) is 7.84. The van der Waals surface area contributed by atoms with E-state index in [4.69, 9.17) is 4.74 Å². The number of anilines is 1. The van der Waals surface area contributed by atoms with Gasteiger partial charge in [-0.05, 0) is 12.1 Å². The molecule has 2 aromatic carbocycles. The van der Waals surface area contributed by atoms with Crippen molar-refractivity contribution in [2.45, 2.75) is 0 Å². The highest BCUT2D eigenvalue weighted by molar-refractivity contribution is 7.18. The van der Waals surface area contributed by atoms with Crippen LogP contribution >= 0.6 is 11.3 Å². The van der Waals surface area contributed by atoms with Gasteiger partial charge in [-0.15, -0.1) is 10.2 Å². The van der Waals surface area contributed by atoms with Crippen molar-refractivity contribution in [3.8, 4) is 16.3 Å². The second kappa shape index (κ2) is 8.72. The quantitative estimate of drug-likeness (QED) is 0.668. The zero-order valence-electron chi connectivity index (χ0n) is 13.7. The first-order valence-corrected chi connectivity index (χ1v) is 8.66. The predicted octanol–water partition coefficient (Wildman–Crippen LogP) is 2.34. The fourth-order valence-corrected chi connectivity index (χ4v) is 2.80. The van der Waals surface area contributed by atoms with Crippen molar-refractivity contribution >= 4 is 28.3 Å². The van der Waals surface area contributed by atoms with Crippen LogP contribution in [0.25, 0.3) is 10.6 Å². The van der Waals surface area contributed by atoms with E-state index in [1.807, 2.05) is 48.5 Å². The summed E-state index contributed by atoms with van der Waals surface area (Å²) < 4.78 is 5.31. The van der Waals surface area contributed by atoms with Gasteiger partial charge in [-0.2, -0.15) is 0 Å². The number of carbonyl (C=O) groups is 2. The van der Waals surface area contributed by atoms with Crippen molar-refractivity contribution < 1.29 is 14.3 Å². The van der Waals surface area contributed by atoms with Gasteiger partial charge in [0, 0.05) is 5.56 Å². The van der Waals surface area contributed by atoms with Gasteiger partial charge in [0.1, 0.15) is 10.8 Å². The molecule has 2 N–H and O–H groups in total. The number of amides is 2. The second-order valence-electron chi connectivity index (χ2n) is 5.21. The van der Waals surface area contributed by atoms with Crippen LogP contribution in [0.5, 0.6) is 5.75 Å². The number of carbonyl (C=O) groups excluding carboxylic acids is 2. The normalized spacial score (nSPS) is 10.2. The minimum Gasteiger partial charge on any atom is -0.484 e. The zero-order valence-corrected chi connectivity index (χ0v) is 14.5. The molecule has 0 atom stereocenters. The summed E-state index contributed by atoms with van der Waals surface area (Å²) in [7, 11) is 0. The van der Waals surface area contributed by atoms with E-state index in [-0.39, 0.29) is 25.0 Å². The molecular weight excluding hydrogens is 352 g/mol. The Bertz CT molecular complexity index is 868. The fraction of sp³-hybridized carbons (Fsp3) is 0.111.